The fourth-order valence-corrected chi connectivity index (χ4v) is 2.61. The molecule has 1 saturated heterocycles. The average molecular weight is 287 g/mol. The van der Waals surface area contributed by atoms with Gasteiger partial charge in [-0.05, 0) is 37.2 Å². The molecule has 1 fully saturated rings. The second-order valence-electron chi connectivity index (χ2n) is 5.33. The van der Waals surface area contributed by atoms with E-state index in [0.717, 1.165) is 49.7 Å². The van der Waals surface area contributed by atoms with Gasteiger partial charge < -0.3 is 13.9 Å². The van der Waals surface area contributed by atoms with Crippen LogP contribution in [0.4, 0.5) is 0 Å². The molecule has 0 unspecified atom stereocenters. The lowest BCUT2D eigenvalue weighted by Crippen LogP contribution is -2.53. The number of aryl methyl sites for hydroxylation is 1. The Morgan fingerprint density at radius 1 is 1.14 bits per heavy atom. The molecule has 0 amide bonds. The largest absolute Gasteiger partial charge is 0.493 e. The molecule has 0 saturated carbocycles. The molecule has 0 bridgehead atoms. The zero-order chi connectivity index (χ0) is 14.5. The lowest BCUT2D eigenvalue weighted by atomic mass is 10.1. The number of hydrogen-bond donors (Lipinski definition) is 0. The molecule has 0 aliphatic carbocycles. The highest BCUT2D eigenvalue weighted by Crippen LogP contribution is 2.28. The molecule has 2 aromatic rings. The van der Waals surface area contributed by atoms with Crippen LogP contribution in [0.15, 0.2) is 47.1 Å². The van der Waals surface area contributed by atoms with Crippen molar-refractivity contribution < 1.29 is 13.9 Å². The Morgan fingerprint density at radius 2 is 1.95 bits per heavy atom. The van der Waals surface area contributed by atoms with Gasteiger partial charge in [0.15, 0.2) is 11.5 Å². The van der Waals surface area contributed by atoms with Crippen LogP contribution in [0.2, 0.25) is 0 Å². The minimum atomic E-state index is 0.268. The van der Waals surface area contributed by atoms with Gasteiger partial charge in [0.05, 0.1) is 13.4 Å². The van der Waals surface area contributed by atoms with Crippen LogP contribution in [0.3, 0.4) is 0 Å². The van der Waals surface area contributed by atoms with Gasteiger partial charge >= 0.3 is 0 Å². The van der Waals surface area contributed by atoms with Gasteiger partial charge in [0.1, 0.15) is 11.9 Å². The second-order valence-corrected chi connectivity index (χ2v) is 5.33. The number of furan rings is 1. The Hall–Kier alpha value is -1.94. The first-order valence-electron chi connectivity index (χ1n) is 7.39. The monoisotopic (exact) mass is 287 g/mol. The summed E-state index contributed by atoms with van der Waals surface area (Å²) < 4.78 is 16.6. The van der Waals surface area contributed by atoms with E-state index in [-0.39, 0.29) is 6.10 Å². The number of ether oxygens (including phenoxy) is 2. The van der Waals surface area contributed by atoms with Crippen LogP contribution < -0.4 is 9.47 Å². The van der Waals surface area contributed by atoms with Crippen LogP contribution in [0.1, 0.15) is 12.2 Å². The third kappa shape index (κ3) is 3.58. The van der Waals surface area contributed by atoms with Crippen LogP contribution >= 0.6 is 0 Å². The molecular weight excluding hydrogens is 266 g/mol. The summed E-state index contributed by atoms with van der Waals surface area (Å²) in [4.78, 5) is 2.41. The number of likely N-dealkylation sites (tertiary alicyclic amines) is 1. The minimum Gasteiger partial charge on any atom is -0.493 e. The molecular formula is C17H21NO3. The number of rotatable bonds is 7. The van der Waals surface area contributed by atoms with Crippen molar-refractivity contribution in [1.29, 1.82) is 0 Å². The van der Waals surface area contributed by atoms with Crippen LogP contribution in [0, 0.1) is 0 Å². The lowest BCUT2D eigenvalue weighted by Gasteiger charge is -2.39. The predicted octanol–water partition coefficient (Wildman–Crippen LogP) is 2.98. The van der Waals surface area contributed by atoms with Crippen LogP contribution in [0.25, 0.3) is 0 Å². The van der Waals surface area contributed by atoms with E-state index in [1.165, 1.54) is 0 Å². The summed E-state index contributed by atoms with van der Waals surface area (Å²) in [5, 5.41) is 0. The maximum Gasteiger partial charge on any atom is 0.161 e. The summed E-state index contributed by atoms with van der Waals surface area (Å²) in [6.07, 6.45) is 4.12. The fraction of sp³-hybridized carbons (Fsp3) is 0.412. The summed E-state index contributed by atoms with van der Waals surface area (Å²) in [6.45, 7) is 3.05. The number of para-hydroxylation sites is 2. The Balaban J connectivity index is 1.38. The van der Waals surface area contributed by atoms with Crippen molar-refractivity contribution in [2.75, 3.05) is 26.7 Å². The number of methoxy groups -OCH3 is 1. The normalized spacial score (nSPS) is 15.7. The predicted molar refractivity (Wildman–Crippen MR) is 80.9 cm³/mol. The molecule has 0 N–H and O–H groups in total. The quantitative estimate of drug-likeness (QED) is 0.784. The first-order chi connectivity index (χ1) is 10.3. The van der Waals surface area contributed by atoms with E-state index in [1.54, 1.807) is 13.4 Å². The molecule has 0 spiro atoms. The van der Waals surface area contributed by atoms with Crippen LogP contribution in [0.5, 0.6) is 11.5 Å². The Morgan fingerprint density at radius 3 is 2.67 bits per heavy atom. The van der Waals surface area contributed by atoms with Gasteiger partial charge in [-0.1, -0.05) is 12.1 Å². The van der Waals surface area contributed by atoms with Crippen LogP contribution in [-0.4, -0.2) is 37.7 Å². The standard InChI is InChI=1S/C17H21NO3/c1-19-16-8-2-3-9-17(16)21-15-12-18(13-15)10-4-6-14-7-5-11-20-14/h2-3,5,7-9,11,15H,4,6,10,12-13H2,1H3. The zero-order valence-corrected chi connectivity index (χ0v) is 12.3. The number of hydrogen-bond acceptors (Lipinski definition) is 4. The summed E-state index contributed by atoms with van der Waals surface area (Å²) in [6, 6.07) is 11.8. The van der Waals surface area contributed by atoms with E-state index in [1.807, 2.05) is 36.4 Å². The average Bonchev–Trinajstić information content (AvgIpc) is 2.98. The van der Waals surface area contributed by atoms with Gasteiger partial charge in [-0.15, -0.1) is 0 Å². The van der Waals surface area contributed by atoms with E-state index in [9.17, 15) is 0 Å². The molecule has 3 rings (SSSR count). The maximum absolute atomic E-state index is 5.97. The second kappa shape index (κ2) is 6.68. The zero-order valence-electron chi connectivity index (χ0n) is 12.3. The van der Waals surface area contributed by atoms with Crippen molar-refractivity contribution in [3.63, 3.8) is 0 Å². The van der Waals surface area contributed by atoms with Crippen LogP contribution in [-0.2, 0) is 6.42 Å². The van der Waals surface area contributed by atoms with Crippen molar-refractivity contribution in [1.82, 2.24) is 4.90 Å². The third-order valence-electron chi connectivity index (χ3n) is 3.76. The molecule has 1 aromatic carbocycles. The maximum atomic E-state index is 5.97. The van der Waals surface area contributed by atoms with Gasteiger partial charge in [-0.2, -0.15) is 0 Å². The first kappa shape index (κ1) is 14.0. The van der Waals surface area contributed by atoms with Gasteiger partial charge in [0.25, 0.3) is 0 Å². The highest BCUT2D eigenvalue weighted by atomic mass is 16.5. The third-order valence-corrected chi connectivity index (χ3v) is 3.76. The van der Waals surface area contributed by atoms with E-state index >= 15 is 0 Å². The fourth-order valence-electron chi connectivity index (χ4n) is 2.61. The Labute approximate surface area is 125 Å². The van der Waals surface area contributed by atoms with Crippen molar-refractivity contribution in [2.24, 2.45) is 0 Å². The van der Waals surface area contributed by atoms with E-state index in [0.29, 0.717) is 0 Å². The van der Waals surface area contributed by atoms with Crippen molar-refractivity contribution in [3.8, 4) is 11.5 Å². The summed E-state index contributed by atoms with van der Waals surface area (Å²) in [7, 11) is 1.67. The molecule has 2 heterocycles. The molecule has 0 radical (unpaired) electrons. The Bertz CT molecular complexity index is 547. The molecule has 4 heteroatoms. The first-order valence-corrected chi connectivity index (χ1v) is 7.39. The lowest BCUT2D eigenvalue weighted by molar-refractivity contribution is 0.0178. The van der Waals surface area contributed by atoms with E-state index < -0.39 is 0 Å². The topological polar surface area (TPSA) is 34.8 Å². The number of nitrogens with zero attached hydrogens (tertiary/aromatic N) is 1. The summed E-state index contributed by atoms with van der Waals surface area (Å²) >= 11 is 0. The summed E-state index contributed by atoms with van der Waals surface area (Å²) in [5.74, 6) is 2.70. The molecule has 21 heavy (non-hydrogen) atoms. The molecule has 1 aliphatic heterocycles. The van der Waals surface area contributed by atoms with Gasteiger partial charge in [-0.3, -0.25) is 4.90 Å². The molecule has 0 atom stereocenters. The molecule has 112 valence electrons. The van der Waals surface area contributed by atoms with Crippen molar-refractivity contribution in [2.45, 2.75) is 18.9 Å². The van der Waals surface area contributed by atoms with Gasteiger partial charge in [-0.25, -0.2) is 0 Å². The Kier molecular flexibility index (Phi) is 4.46. The van der Waals surface area contributed by atoms with Gasteiger partial charge in [0.2, 0.25) is 0 Å². The molecule has 1 aromatic heterocycles. The van der Waals surface area contributed by atoms with Crippen molar-refractivity contribution >= 4 is 0 Å². The highest BCUT2D eigenvalue weighted by Gasteiger charge is 2.28. The van der Waals surface area contributed by atoms with Gasteiger partial charge in [0, 0.05) is 19.5 Å². The summed E-state index contributed by atoms with van der Waals surface area (Å²) in [5.41, 5.74) is 0. The van der Waals surface area contributed by atoms with E-state index in [4.69, 9.17) is 13.9 Å². The SMILES string of the molecule is COc1ccccc1OC1CN(CCCc2ccco2)C1. The van der Waals surface area contributed by atoms with E-state index in [2.05, 4.69) is 4.90 Å². The molecule has 1 aliphatic rings. The highest BCUT2D eigenvalue weighted by molar-refractivity contribution is 5.39. The minimum absolute atomic E-state index is 0.268. The smallest absolute Gasteiger partial charge is 0.161 e. The number of benzene rings is 1. The molecule has 4 nitrogen and oxygen atoms in total. The van der Waals surface area contributed by atoms with Crippen molar-refractivity contribution in [3.05, 3.63) is 48.4 Å².